The van der Waals surface area contributed by atoms with Gasteiger partial charge in [-0.2, -0.15) is 0 Å². The quantitative estimate of drug-likeness (QED) is 0.740. The van der Waals surface area contributed by atoms with E-state index in [4.69, 9.17) is 0 Å². The van der Waals surface area contributed by atoms with Crippen molar-refractivity contribution in [2.75, 3.05) is 19.6 Å². The Morgan fingerprint density at radius 1 is 1.14 bits per heavy atom. The topological polar surface area (TPSA) is 66.4 Å². The summed E-state index contributed by atoms with van der Waals surface area (Å²) in [5.41, 5.74) is 1.88. The van der Waals surface area contributed by atoms with Crippen LogP contribution in [0.4, 0.5) is 0 Å². The molecule has 5 rings (SSSR count). The van der Waals surface area contributed by atoms with Crippen molar-refractivity contribution in [1.29, 1.82) is 0 Å². The van der Waals surface area contributed by atoms with Crippen molar-refractivity contribution in [3.63, 3.8) is 0 Å². The van der Waals surface area contributed by atoms with Crippen molar-refractivity contribution in [1.82, 2.24) is 19.8 Å². The standard InChI is InChI=1S/C23H30N4O2/c1-16-12-25-19(13-24-16)14-27-15-23(5-4-21(27)28)6-8-26(9-7-23)22(29)20-11-17-2-3-18(20)10-17/h2-3,12-13,17-18,20H,4-11,14-15H2,1H3/t17-,18+,20+/m1/s1. The van der Waals surface area contributed by atoms with Gasteiger partial charge in [0.1, 0.15) is 0 Å². The molecule has 3 fully saturated rings. The summed E-state index contributed by atoms with van der Waals surface area (Å²) in [7, 11) is 0. The lowest BCUT2D eigenvalue weighted by Gasteiger charge is -2.47. The summed E-state index contributed by atoms with van der Waals surface area (Å²) in [5.74, 6) is 1.90. The van der Waals surface area contributed by atoms with Crippen LogP contribution in [0.15, 0.2) is 24.5 Å². The van der Waals surface area contributed by atoms with Gasteiger partial charge in [0.05, 0.1) is 24.1 Å². The normalized spacial score (nSPS) is 30.4. The summed E-state index contributed by atoms with van der Waals surface area (Å²) in [6.45, 7) is 4.90. The first-order valence-corrected chi connectivity index (χ1v) is 11.0. The molecule has 2 aliphatic carbocycles. The van der Waals surface area contributed by atoms with Crippen LogP contribution in [0.25, 0.3) is 0 Å². The van der Waals surface area contributed by atoms with Gasteiger partial charge in [-0.1, -0.05) is 12.2 Å². The molecule has 2 bridgehead atoms. The van der Waals surface area contributed by atoms with E-state index in [0.717, 1.165) is 56.7 Å². The lowest BCUT2D eigenvalue weighted by Crippen LogP contribution is -2.53. The van der Waals surface area contributed by atoms with Gasteiger partial charge in [0.25, 0.3) is 0 Å². The molecule has 3 atom stereocenters. The van der Waals surface area contributed by atoms with Gasteiger partial charge in [0, 0.05) is 38.2 Å². The van der Waals surface area contributed by atoms with E-state index in [1.54, 1.807) is 12.4 Å². The van der Waals surface area contributed by atoms with Crippen LogP contribution in [0.5, 0.6) is 0 Å². The van der Waals surface area contributed by atoms with Gasteiger partial charge in [0.2, 0.25) is 11.8 Å². The second kappa shape index (κ2) is 7.22. The molecule has 2 aliphatic heterocycles. The Morgan fingerprint density at radius 3 is 2.62 bits per heavy atom. The zero-order valence-corrected chi connectivity index (χ0v) is 17.2. The Bertz CT molecular complexity index is 826. The smallest absolute Gasteiger partial charge is 0.226 e. The molecule has 2 amide bonds. The third kappa shape index (κ3) is 3.58. The average molecular weight is 395 g/mol. The molecule has 3 heterocycles. The number of fused-ring (bicyclic) bond motifs is 2. The first-order chi connectivity index (χ1) is 14.0. The number of allylic oxidation sites excluding steroid dienone is 2. The number of likely N-dealkylation sites (tertiary alicyclic amines) is 2. The molecule has 0 unspecified atom stereocenters. The molecule has 1 aromatic heterocycles. The summed E-state index contributed by atoms with van der Waals surface area (Å²) < 4.78 is 0. The van der Waals surface area contributed by atoms with E-state index >= 15 is 0 Å². The Balaban J connectivity index is 1.20. The Morgan fingerprint density at radius 2 is 1.97 bits per heavy atom. The molecule has 4 aliphatic rings. The van der Waals surface area contributed by atoms with E-state index in [2.05, 4.69) is 27.0 Å². The maximum Gasteiger partial charge on any atom is 0.226 e. The van der Waals surface area contributed by atoms with Crippen LogP contribution in [0.1, 0.15) is 49.9 Å². The van der Waals surface area contributed by atoms with E-state index in [1.807, 2.05) is 11.8 Å². The maximum absolute atomic E-state index is 13.1. The van der Waals surface area contributed by atoms with Crippen molar-refractivity contribution in [2.45, 2.75) is 52.0 Å². The molecule has 0 aromatic carbocycles. The highest BCUT2D eigenvalue weighted by molar-refractivity contribution is 5.80. The number of aromatic nitrogens is 2. The van der Waals surface area contributed by atoms with Crippen molar-refractivity contribution < 1.29 is 9.59 Å². The molecule has 6 heteroatoms. The molecule has 2 saturated heterocycles. The minimum Gasteiger partial charge on any atom is -0.342 e. The van der Waals surface area contributed by atoms with E-state index in [-0.39, 0.29) is 17.2 Å². The summed E-state index contributed by atoms with van der Waals surface area (Å²) in [6.07, 6.45) is 13.9. The summed E-state index contributed by atoms with van der Waals surface area (Å²) in [4.78, 5) is 38.4. The number of piperidine rings is 2. The average Bonchev–Trinajstić information content (AvgIpc) is 3.36. The summed E-state index contributed by atoms with van der Waals surface area (Å²) >= 11 is 0. The summed E-state index contributed by atoms with van der Waals surface area (Å²) in [5, 5.41) is 0. The van der Waals surface area contributed by atoms with Gasteiger partial charge in [-0.15, -0.1) is 0 Å². The molecule has 1 saturated carbocycles. The van der Waals surface area contributed by atoms with E-state index in [9.17, 15) is 9.59 Å². The van der Waals surface area contributed by atoms with Gasteiger partial charge >= 0.3 is 0 Å². The van der Waals surface area contributed by atoms with Crippen LogP contribution >= 0.6 is 0 Å². The van der Waals surface area contributed by atoms with Crippen molar-refractivity contribution in [3.05, 3.63) is 35.9 Å². The zero-order chi connectivity index (χ0) is 20.0. The molecule has 0 radical (unpaired) electrons. The van der Waals surface area contributed by atoms with Crippen LogP contribution in [0, 0.1) is 30.1 Å². The van der Waals surface area contributed by atoms with Crippen LogP contribution in [0.3, 0.4) is 0 Å². The number of rotatable bonds is 3. The molecule has 1 aromatic rings. The fraction of sp³-hybridized carbons (Fsp3) is 0.652. The van der Waals surface area contributed by atoms with Crippen LogP contribution in [-0.2, 0) is 16.1 Å². The highest BCUT2D eigenvalue weighted by Gasteiger charge is 2.45. The predicted octanol–water partition coefficient (Wildman–Crippen LogP) is 2.73. The minimum absolute atomic E-state index is 0.150. The second-order valence-corrected chi connectivity index (χ2v) is 9.61. The lowest BCUT2D eigenvalue weighted by atomic mass is 9.72. The van der Waals surface area contributed by atoms with Gasteiger partial charge < -0.3 is 9.80 Å². The van der Waals surface area contributed by atoms with Crippen LogP contribution in [-0.4, -0.2) is 51.2 Å². The van der Waals surface area contributed by atoms with Crippen molar-refractivity contribution in [3.8, 4) is 0 Å². The first-order valence-electron chi connectivity index (χ1n) is 11.0. The number of carbonyl (C=O) groups is 2. The Kier molecular flexibility index (Phi) is 4.67. The fourth-order valence-corrected chi connectivity index (χ4v) is 5.85. The molecule has 0 N–H and O–H groups in total. The van der Waals surface area contributed by atoms with Crippen LogP contribution in [0.2, 0.25) is 0 Å². The van der Waals surface area contributed by atoms with Gasteiger partial charge in [0.15, 0.2) is 0 Å². The van der Waals surface area contributed by atoms with Crippen molar-refractivity contribution >= 4 is 11.8 Å². The molecule has 6 nitrogen and oxygen atoms in total. The second-order valence-electron chi connectivity index (χ2n) is 9.61. The third-order valence-corrected chi connectivity index (χ3v) is 7.67. The largest absolute Gasteiger partial charge is 0.342 e. The lowest BCUT2D eigenvalue weighted by molar-refractivity contribution is -0.145. The SMILES string of the molecule is Cc1cnc(CN2CC3(CCC2=O)CCN(C(=O)[C@H]2C[C@@H]4C=C[C@H]2C4)CC3)cn1. The number of hydrogen-bond acceptors (Lipinski definition) is 4. The van der Waals surface area contributed by atoms with Gasteiger partial charge in [-0.25, -0.2) is 0 Å². The van der Waals surface area contributed by atoms with Crippen LogP contribution < -0.4 is 0 Å². The maximum atomic E-state index is 13.1. The first kappa shape index (κ1) is 18.8. The highest BCUT2D eigenvalue weighted by atomic mass is 16.2. The monoisotopic (exact) mass is 394 g/mol. The number of nitrogens with zero attached hydrogens (tertiary/aromatic N) is 4. The predicted molar refractivity (Wildman–Crippen MR) is 109 cm³/mol. The molecular formula is C23H30N4O2. The van der Waals surface area contributed by atoms with Gasteiger partial charge in [-0.05, 0) is 56.3 Å². The fourth-order valence-electron chi connectivity index (χ4n) is 5.85. The molecule has 154 valence electrons. The van der Waals surface area contributed by atoms with Gasteiger partial charge in [-0.3, -0.25) is 19.6 Å². The molecule has 29 heavy (non-hydrogen) atoms. The zero-order valence-electron chi connectivity index (χ0n) is 17.2. The van der Waals surface area contributed by atoms with E-state index in [1.165, 1.54) is 6.42 Å². The Hall–Kier alpha value is -2.24. The Labute approximate surface area is 172 Å². The third-order valence-electron chi connectivity index (χ3n) is 7.67. The van der Waals surface area contributed by atoms with Crippen molar-refractivity contribution in [2.24, 2.45) is 23.2 Å². The number of amides is 2. The molecular weight excluding hydrogens is 364 g/mol. The van der Waals surface area contributed by atoms with E-state index in [0.29, 0.717) is 30.7 Å². The number of hydrogen-bond donors (Lipinski definition) is 0. The number of carbonyl (C=O) groups excluding carboxylic acids is 2. The molecule has 1 spiro atoms. The number of aryl methyl sites for hydroxylation is 1. The van der Waals surface area contributed by atoms with E-state index < -0.39 is 0 Å². The minimum atomic E-state index is 0.150. The summed E-state index contributed by atoms with van der Waals surface area (Å²) in [6, 6.07) is 0. The highest BCUT2D eigenvalue weighted by Crippen LogP contribution is 2.46.